The Morgan fingerprint density at radius 2 is 2.50 bits per heavy atom. The summed E-state index contributed by atoms with van der Waals surface area (Å²) >= 11 is 1.76. The maximum atomic E-state index is 10.8. The van der Waals surface area contributed by atoms with Gasteiger partial charge in [-0.15, -0.1) is 11.3 Å². The number of hydrogen-bond donors (Lipinski definition) is 1. The van der Waals surface area contributed by atoms with Crippen LogP contribution >= 0.6 is 11.3 Å². The Labute approximate surface area is 108 Å². The lowest BCUT2D eigenvalue weighted by atomic mass is 10.0. The lowest BCUT2D eigenvalue weighted by Gasteiger charge is -2.32. The first-order chi connectivity index (χ1) is 8.66. The quantitative estimate of drug-likeness (QED) is 0.903. The summed E-state index contributed by atoms with van der Waals surface area (Å²) in [6.45, 7) is 2.88. The molecule has 5 nitrogen and oxygen atoms in total. The summed E-state index contributed by atoms with van der Waals surface area (Å²) in [5.74, 6) is -1.06. The molecule has 1 unspecified atom stereocenters. The summed E-state index contributed by atoms with van der Waals surface area (Å²) < 4.78 is 5.26. The number of aromatic nitrogens is 1. The molecule has 2 aromatic heterocycles. The number of hydrogen-bond acceptors (Lipinski definition) is 5. The van der Waals surface area contributed by atoms with Crippen molar-refractivity contribution in [2.45, 2.75) is 19.4 Å². The van der Waals surface area contributed by atoms with Crippen LogP contribution in [-0.4, -0.2) is 22.6 Å². The van der Waals surface area contributed by atoms with Crippen molar-refractivity contribution in [3.8, 4) is 0 Å². The molecule has 0 aliphatic carbocycles. The number of nitrogens with zero attached hydrogens (tertiary/aromatic N) is 2. The molecule has 0 fully saturated rings. The van der Waals surface area contributed by atoms with E-state index in [0.717, 1.165) is 13.0 Å². The Bertz CT molecular complexity index is 590. The van der Waals surface area contributed by atoms with E-state index in [4.69, 9.17) is 9.52 Å². The molecule has 0 amide bonds. The van der Waals surface area contributed by atoms with Crippen molar-refractivity contribution in [3.63, 3.8) is 0 Å². The molecule has 0 spiro atoms. The standard InChI is InChI=1S/C12H12N2O3S/c1-7-8-3-5-18-10(8)2-4-14(7)12-13-9(6-17-12)11(15)16/h3,5-7H,2,4H2,1H3,(H,15,16). The van der Waals surface area contributed by atoms with Crippen LogP contribution < -0.4 is 4.90 Å². The molecule has 6 heteroatoms. The average Bonchev–Trinajstić information content (AvgIpc) is 2.97. The SMILES string of the molecule is CC1c2ccsc2CCN1c1nc(C(=O)O)co1. The van der Waals surface area contributed by atoms with Gasteiger partial charge in [0.05, 0.1) is 6.04 Å². The first-order valence-corrected chi connectivity index (χ1v) is 6.56. The highest BCUT2D eigenvalue weighted by Crippen LogP contribution is 2.35. The minimum atomic E-state index is -1.06. The van der Waals surface area contributed by atoms with Crippen LogP contribution in [0.15, 0.2) is 22.1 Å². The molecule has 0 saturated heterocycles. The molecule has 0 bridgehead atoms. The number of aromatic carboxylic acids is 1. The number of anilines is 1. The van der Waals surface area contributed by atoms with Crippen LogP contribution in [0.5, 0.6) is 0 Å². The minimum absolute atomic E-state index is 0.0479. The van der Waals surface area contributed by atoms with Gasteiger partial charge in [0, 0.05) is 11.4 Å². The largest absolute Gasteiger partial charge is 0.476 e. The normalized spacial score (nSPS) is 18.7. The third-order valence-electron chi connectivity index (χ3n) is 3.23. The zero-order valence-corrected chi connectivity index (χ0v) is 10.6. The van der Waals surface area contributed by atoms with Gasteiger partial charge >= 0.3 is 5.97 Å². The predicted molar refractivity (Wildman–Crippen MR) is 67.2 cm³/mol. The topological polar surface area (TPSA) is 66.6 Å². The van der Waals surface area contributed by atoms with Crippen molar-refractivity contribution in [1.82, 2.24) is 4.98 Å². The smallest absolute Gasteiger partial charge is 0.357 e. The van der Waals surface area contributed by atoms with Crippen LogP contribution in [0, 0.1) is 0 Å². The van der Waals surface area contributed by atoms with Crippen LogP contribution in [0.2, 0.25) is 0 Å². The van der Waals surface area contributed by atoms with Gasteiger partial charge in [-0.05, 0) is 30.4 Å². The first kappa shape index (κ1) is 11.3. The lowest BCUT2D eigenvalue weighted by Crippen LogP contribution is -2.33. The maximum Gasteiger partial charge on any atom is 0.357 e. The van der Waals surface area contributed by atoms with Crippen molar-refractivity contribution < 1.29 is 14.3 Å². The molecule has 0 aromatic carbocycles. The van der Waals surface area contributed by atoms with Crippen LogP contribution in [0.3, 0.4) is 0 Å². The highest BCUT2D eigenvalue weighted by atomic mass is 32.1. The van der Waals surface area contributed by atoms with E-state index in [1.807, 2.05) is 4.90 Å². The van der Waals surface area contributed by atoms with E-state index in [0.29, 0.717) is 6.01 Å². The monoisotopic (exact) mass is 264 g/mol. The molecule has 18 heavy (non-hydrogen) atoms. The van der Waals surface area contributed by atoms with Gasteiger partial charge in [0.1, 0.15) is 6.26 Å². The van der Waals surface area contributed by atoms with Crippen molar-refractivity contribution >= 4 is 23.3 Å². The lowest BCUT2D eigenvalue weighted by molar-refractivity contribution is 0.0690. The minimum Gasteiger partial charge on any atom is -0.476 e. The zero-order valence-electron chi connectivity index (χ0n) is 9.79. The fourth-order valence-corrected chi connectivity index (χ4v) is 3.23. The van der Waals surface area contributed by atoms with Crippen molar-refractivity contribution in [3.05, 3.63) is 33.8 Å². The second kappa shape index (κ2) is 4.13. The Hall–Kier alpha value is -1.82. The molecule has 0 saturated carbocycles. The van der Waals surface area contributed by atoms with Crippen LogP contribution in [0.4, 0.5) is 6.01 Å². The van der Waals surface area contributed by atoms with Crippen molar-refractivity contribution in [2.75, 3.05) is 11.4 Å². The number of carbonyl (C=O) groups is 1. The van der Waals surface area contributed by atoms with E-state index in [1.54, 1.807) is 11.3 Å². The number of oxazole rings is 1. The molecule has 3 rings (SSSR count). The fraction of sp³-hybridized carbons (Fsp3) is 0.333. The van der Waals surface area contributed by atoms with Gasteiger partial charge in [0.15, 0.2) is 5.69 Å². The molecular weight excluding hydrogens is 252 g/mol. The van der Waals surface area contributed by atoms with E-state index in [9.17, 15) is 4.79 Å². The molecule has 3 heterocycles. The van der Waals surface area contributed by atoms with Gasteiger partial charge in [-0.2, -0.15) is 4.98 Å². The molecule has 2 aromatic rings. The number of carboxylic acids is 1. The zero-order chi connectivity index (χ0) is 12.7. The van der Waals surface area contributed by atoms with Crippen LogP contribution in [0.25, 0.3) is 0 Å². The summed E-state index contributed by atoms with van der Waals surface area (Å²) in [7, 11) is 0. The van der Waals surface area contributed by atoms with E-state index >= 15 is 0 Å². The number of carboxylic acid groups (broad SMARTS) is 1. The number of fused-ring (bicyclic) bond motifs is 1. The Morgan fingerprint density at radius 3 is 3.22 bits per heavy atom. The van der Waals surface area contributed by atoms with E-state index in [-0.39, 0.29) is 11.7 Å². The predicted octanol–water partition coefficient (Wildman–Crippen LogP) is 2.56. The van der Waals surface area contributed by atoms with Gasteiger partial charge in [-0.1, -0.05) is 0 Å². The summed E-state index contributed by atoms with van der Waals surface area (Å²) in [4.78, 5) is 18.2. The van der Waals surface area contributed by atoms with Gasteiger partial charge < -0.3 is 14.4 Å². The van der Waals surface area contributed by atoms with E-state index in [1.165, 1.54) is 16.7 Å². The number of thiophene rings is 1. The van der Waals surface area contributed by atoms with Gasteiger partial charge in [0.2, 0.25) is 0 Å². The summed E-state index contributed by atoms with van der Waals surface area (Å²) in [6, 6.07) is 2.66. The fourth-order valence-electron chi connectivity index (χ4n) is 2.27. The Kier molecular flexibility index (Phi) is 2.59. The summed E-state index contributed by atoms with van der Waals surface area (Å²) in [5, 5.41) is 10.9. The van der Waals surface area contributed by atoms with Crippen LogP contribution in [-0.2, 0) is 6.42 Å². The molecule has 94 valence electrons. The molecule has 1 aliphatic rings. The van der Waals surface area contributed by atoms with Crippen LogP contribution in [0.1, 0.15) is 33.9 Å². The summed E-state index contributed by atoms with van der Waals surface area (Å²) in [5.41, 5.74) is 1.23. The Morgan fingerprint density at radius 1 is 1.67 bits per heavy atom. The van der Waals surface area contributed by atoms with Gasteiger partial charge in [-0.3, -0.25) is 0 Å². The van der Waals surface area contributed by atoms with Crippen molar-refractivity contribution in [2.24, 2.45) is 0 Å². The third kappa shape index (κ3) is 1.69. The second-order valence-corrected chi connectivity index (χ2v) is 5.24. The first-order valence-electron chi connectivity index (χ1n) is 5.68. The average molecular weight is 264 g/mol. The molecule has 1 N–H and O–H groups in total. The second-order valence-electron chi connectivity index (χ2n) is 4.24. The molecule has 1 aliphatic heterocycles. The van der Waals surface area contributed by atoms with Gasteiger partial charge in [0.25, 0.3) is 6.01 Å². The van der Waals surface area contributed by atoms with E-state index < -0.39 is 5.97 Å². The van der Waals surface area contributed by atoms with Crippen molar-refractivity contribution in [1.29, 1.82) is 0 Å². The maximum absolute atomic E-state index is 10.8. The highest BCUT2D eigenvalue weighted by Gasteiger charge is 2.28. The molecular formula is C12H12N2O3S. The summed E-state index contributed by atoms with van der Waals surface area (Å²) in [6.07, 6.45) is 2.13. The van der Waals surface area contributed by atoms with Gasteiger partial charge in [-0.25, -0.2) is 4.79 Å². The van der Waals surface area contributed by atoms with E-state index in [2.05, 4.69) is 23.4 Å². The molecule has 0 radical (unpaired) electrons. The third-order valence-corrected chi connectivity index (χ3v) is 4.23. The Balaban J connectivity index is 1.91. The number of rotatable bonds is 2. The highest BCUT2D eigenvalue weighted by molar-refractivity contribution is 7.10. The molecule has 1 atom stereocenters.